The maximum absolute atomic E-state index is 10.3. The Morgan fingerprint density at radius 3 is 2.92 bits per heavy atom. The van der Waals surface area contributed by atoms with Gasteiger partial charge >= 0.3 is 0 Å². The van der Waals surface area contributed by atoms with Crippen LogP contribution >= 0.6 is 0 Å². The molecule has 0 N–H and O–H groups in total. The fraction of sp³-hybridized carbons (Fsp3) is 0.125. The van der Waals surface area contributed by atoms with E-state index in [1.165, 1.54) is 12.1 Å². The van der Waals surface area contributed by atoms with Gasteiger partial charge in [-0.25, -0.2) is 0 Å². The second-order valence-electron chi connectivity index (χ2n) is 2.28. The lowest BCUT2D eigenvalue weighted by atomic mass is 10.2. The smallest absolute Gasteiger partial charge is 0.269 e. The van der Waals surface area contributed by atoms with E-state index in [1.807, 2.05) is 0 Å². The van der Waals surface area contributed by atoms with Crippen molar-refractivity contribution in [3.63, 3.8) is 0 Å². The first-order valence-corrected chi connectivity index (χ1v) is 3.34. The van der Waals surface area contributed by atoms with Crippen LogP contribution < -0.4 is 0 Å². The van der Waals surface area contributed by atoms with Gasteiger partial charge in [0.1, 0.15) is 0 Å². The molecule has 0 aliphatic heterocycles. The summed E-state index contributed by atoms with van der Waals surface area (Å²) in [5.41, 5.74) is 0.823. The summed E-state index contributed by atoms with van der Waals surface area (Å²) in [5, 5.41) is 10.3. The highest BCUT2D eigenvalue weighted by Crippen LogP contribution is 2.13. The highest BCUT2D eigenvalue weighted by Gasteiger charge is 2.04. The summed E-state index contributed by atoms with van der Waals surface area (Å²) in [7, 11) is 3.19. The third kappa shape index (κ3) is 2.03. The van der Waals surface area contributed by atoms with E-state index in [-0.39, 0.29) is 5.69 Å². The van der Waals surface area contributed by atoms with Crippen LogP contribution in [0.25, 0.3) is 0 Å². The Morgan fingerprint density at radius 2 is 2.33 bits per heavy atom. The number of hydrogen-bond donors (Lipinski definition) is 0. The van der Waals surface area contributed by atoms with E-state index in [9.17, 15) is 10.1 Å². The molecule has 0 unspecified atom stereocenters. The van der Waals surface area contributed by atoms with Crippen LogP contribution in [0.4, 0.5) is 5.69 Å². The average molecular weight is 166 g/mol. The van der Waals surface area contributed by atoms with Crippen LogP contribution in [-0.4, -0.2) is 4.92 Å². The molecule has 63 valence electrons. The van der Waals surface area contributed by atoms with E-state index in [2.05, 4.69) is 11.8 Å². The van der Waals surface area contributed by atoms with Crippen LogP contribution in [0.3, 0.4) is 0 Å². The number of rotatable bonds is 3. The maximum atomic E-state index is 10.3. The van der Waals surface area contributed by atoms with Crippen LogP contribution in [0.5, 0.6) is 0 Å². The number of nitro benzene ring substituents is 1. The Morgan fingerprint density at radius 1 is 1.58 bits per heavy atom. The van der Waals surface area contributed by atoms with Crippen molar-refractivity contribution in [2.75, 3.05) is 0 Å². The lowest BCUT2D eigenvalue weighted by Gasteiger charge is -1.97. The Labute approximate surface area is 69.9 Å². The third-order valence-electron chi connectivity index (χ3n) is 1.39. The zero-order chi connectivity index (χ0) is 8.97. The second kappa shape index (κ2) is 3.82. The molecular formula is C8H8NO3. The summed E-state index contributed by atoms with van der Waals surface area (Å²) < 4.78 is 4.59. The minimum atomic E-state index is -0.438. The van der Waals surface area contributed by atoms with Gasteiger partial charge in [-0.1, -0.05) is 12.1 Å². The summed E-state index contributed by atoms with van der Waals surface area (Å²) in [6.45, 7) is 0.293. The van der Waals surface area contributed by atoms with Crippen LogP contribution in [0.15, 0.2) is 24.3 Å². The molecule has 12 heavy (non-hydrogen) atoms. The molecule has 1 aromatic rings. The molecule has 0 saturated carbocycles. The normalized spacial score (nSPS) is 9.75. The van der Waals surface area contributed by atoms with Crippen molar-refractivity contribution in [1.82, 2.24) is 0 Å². The Balaban J connectivity index is 2.88. The van der Waals surface area contributed by atoms with Crippen molar-refractivity contribution in [3.05, 3.63) is 47.1 Å². The van der Waals surface area contributed by atoms with E-state index in [0.29, 0.717) is 6.61 Å². The molecule has 0 atom stereocenters. The van der Waals surface area contributed by atoms with Crippen LogP contribution in [0, 0.1) is 17.2 Å². The topological polar surface area (TPSA) is 52.4 Å². The zero-order valence-electron chi connectivity index (χ0n) is 6.40. The molecule has 0 aromatic heterocycles. The Hall–Kier alpha value is -1.42. The van der Waals surface area contributed by atoms with Gasteiger partial charge in [0.2, 0.25) is 0 Å². The molecule has 0 aliphatic carbocycles. The van der Waals surface area contributed by atoms with E-state index < -0.39 is 4.92 Å². The van der Waals surface area contributed by atoms with E-state index in [0.717, 1.165) is 5.56 Å². The number of hydrogen-bond acceptors (Lipinski definition) is 3. The van der Waals surface area contributed by atoms with E-state index in [1.54, 1.807) is 12.1 Å². The molecule has 1 aromatic carbocycles. The van der Waals surface area contributed by atoms with Gasteiger partial charge in [0.05, 0.1) is 18.6 Å². The van der Waals surface area contributed by atoms with E-state index in [4.69, 9.17) is 0 Å². The van der Waals surface area contributed by atoms with Gasteiger partial charge in [0.15, 0.2) is 0 Å². The van der Waals surface area contributed by atoms with Crippen molar-refractivity contribution in [2.24, 2.45) is 0 Å². The number of non-ortho nitro benzene ring substituents is 1. The molecular weight excluding hydrogens is 158 g/mol. The summed E-state index contributed by atoms with van der Waals surface area (Å²) in [6.07, 6.45) is 0. The third-order valence-corrected chi connectivity index (χ3v) is 1.39. The van der Waals surface area contributed by atoms with Gasteiger partial charge in [-0.15, -0.1) is 0 Å². The van der Waals surface area contributed by atoms with Crippen LogP contribution in [0.1, 0.15) is 5.56 Å². The molecule has 0 saturated heterocycles. The minimum Gasteiger partial charge on any atom is -0.374 e. The molecule has 0 fully saturated rings. The van der Waals surface area contributed by atoms with Gasteiger partial charge in [0, 0.05) is 12.1 Å². The largest absolute Gasteiger partial charge is 0.374 e. The summed E-state index contributed by atoms with van der Waals surface area (Å²) in [5.74, 6) is 0. The number of nitrogens with zero attached hydrogens (tertiary/aromatic N) is 1. The second-order valence-corrected chi connectivity index (χ2v) is 2.28. The maximum Gasteiger partial charge on any atom is 0.269 e. The van der Waals surface area contributed by atoms with Crippen molar-refractivity contribution < 1.29 is 9.66 Å². The lowest BCUT2D eigenvalue weighted by molar-refractivity contribution is -0.384. The van der Waals surface area contributed by atoms with Gasteiger partial charge in [-0.2, -0.15) is 0 Å². The molecule has 0 spiro atoms. The predicted molar refractivity (Wildman–Crippen MR) is 43.2 cm³/mol. The molecule has 4 nitrogen and oxygen atoms in total. The Kier molecular flexibility index (Phi) is 2.76. The van der Waals surface area contributed by atoms with E-state index >= 15 is 0 Å². The first-order chi connectivity index (χ1) is 5.74. The van der Waals surface area contributed by atoms with Crippen LogP contribution in [-0.2, 0) is 11.3 Å². The first-order valence-electron chi connectivity index (χ1n) is 3.34. The first kappa shape index (κ1) is 8.67. The fourth-order valence-electron chi connectivity index (χ4n) is 0.878. The number of ether oxygens (including phenoxy) is 1. The standard InChI is InChI=1S/C8H8NO3/c1-12-6-7-3-2-4-8(5-7)9(10)11/h2-5H,1,6H2. The van der Waals surface area contributed by atoms with Crippen molar-refractivity contribution >= 4 is 5.69 Å². The number of benzene rings is 1. The number of nitro groups is 1. The van der Waals surface area contributed by atoms with Gasteiger partial charge in [0.25, 0.3) is 5.69 Å². The zero-order valence-corrected chi connectivity index (χ0v) is 6.40. The minimum absolute atomic E-state index is 0.0737. The molecule has 1 radical (unpaired) electrons. The fourth-order valence-corrected chi connectivity index (χ4v) is 0.878. The van der Waals surface area contributed by atoms with Crippen molar-refractivity contribution in [3.8, 4) is 0 Å². The molecule has 0 heterocycles. The quantitative estimate of drug-likeness (QED) is 0.509. The highest BCUT2D eigenvalue weighted by molar-refractivity contribution is 5.33. The highest BCUT2D eigenvalue weighted by atomic mass is 16.6. The summed E-state index contributed by atoms with van der Waals surface area (Å²) in [4.78, 5) is 9.87. The predicted octanol–water partition coefficient (Wildman–Crippen LogP) is 1.90. The molecule has 1 rings (SSSR count). The average Bonchev–Trinajstić information content (AvgIpc) is 2.05. The lowest BCUT2D eigenvalue weighted by Crippen LogP contribution is -1.90. The SMILES string of the molecule is [CH2]OCc1cccc([N+](=O)[O-])c1. The van der Waals surface area contributed by atoms with Crippen molar-refractivity contribution in [2.45, 2.75) is 6.61 Å². The summed E-state index contributed by atoms with van der Waals surface area (Å²) >= 11 is 0. The van der Waals surface area contributed by atoms with Gasteiger partial charge < -0.3 is 4.74 Å². The molecule has 0 amide bonds. The Bertz CT molecular complexity index is 285. The van der Waals surface area contributed by atoms with Crippen LogP contribution in [0.2, 0.25) is 0 Å². The van der Waals surface area contributed by atoms with Gasteiger partial charge in [-0.05, 0) is 5.56 Å². The van der Waals surface area contributed by atoms with Gasteiger partial charge in [-0.3, -0.25) is 10.1 Å². The molecule has 4 heteroatoms. The monoisotopic (exact) mass is 166 g/mol. The summed E-state index contributed by atoms with van der Waals surface area (Å²) in [6, 6.07) is 6.27. The molecule has 0 aliphatic rings. The molecule has 0 bridgehead atoms. The van der Waals surface area contributed by atoms with Crippen molar-refractivity contribution in [1.29, 1.82) is 0 Å².